The molecule has 7 heteroatoms. The smallest absolute Gasteiger partial charge is 0.257 e. The van der Waals surface area contributed by atoms with Crippen LogP contribution in [-0.2, 0) is 9.53 Å². The maximum Gasteiger partial charge on any atom is 0.257 e. The molecule has 1 aromatic carbocycles. The van der Waals surface area contributed by atoms with E-state index in [0.29, 0.717) is 48.6 Å². The molecule has 3 heterocycles. The highest BCUT2D eigenvalue weighted by molar-refractivity contribution is 6.30. The highest BCUT2D eigenvalue weighted by Crippen LogP contribution is 2.50. The molecule has 0 radical (unpaired) electrons. The van der Waals surface area contributed by atoms with Crippen LogP contribution in [0, 0.1) is 11.3 Å². The minimum atomic E-state index is -0.0287. The predicted octanol–water partition coefficient (Wildman–Crippen LogP) is 2.45. The molecular formula is C20H25ClN2O4. The molecule has 0 aliphatic carbocycles. The summed E-state index contributed by atoms with van der Waals surface area (Å²) >= 11 is 6.01. The minimum Gasteiger partial charge on any atom is -0.496 e. The van der Waals surface area contributed by atoms with Crippen LogP contribution >= 0.6 is 11.6 Å². The quantitative estimate of drug-likeness (QED) is 0.775. The number of halogens is 1. The lowest BCUT2D eigenvalue weighted by atomic mass is 9.70. The van der Waals surface area contributed by atoms with Crippen molar-refractivity contribution >= 4 is 23.4 Å². The Bertz CT molecular complexity index is 760. The zero-order valence-electron chi connectivity index (χ0n) is 15.7. The molecule has 3 fully saturated rings. The number of hydrogen-bond donors (Lipinski definition) is 0. The largest absolute Gasteiger partial charge is 0.496 e. The molecule has 0 aromatic heterocycles. The summed E-state index contributed by atoms with van der Waals surface area (Å²) in [5, 5.41) is 0.545. The van der Waals surface area contributed by atoms with Crippen LogP contribution < -0.4 is 4.74 Å². The van der Waals surface area contributed by atoms with Crippen molar-refractivity contribution in [3.63, 3.8) is 0 Å². The normalized spacial score (nSPS) is 26.3. The van der Waals surface area contributed by atoms with Gasteiger partial charge in [-0.05, 0) is 36.5 Å². The fourth-order valence-electron chi connectivity index (χ4n) is 5.05. The van der Waals surface area contributed by atoms with Crippen molar-refractivity contribution in [1.29, 1.82) is 0 Å². The van der Waals surface area contributed by atoms with Gasteiger partial charge in [-0.2, -0.15) is 0 Å². The molecule has 0 unspecified atom stereocenters. The van der Waals surface area contributed by atoms with Crippen molar-refractivity contribution in [3.8, 4) is 5.75 Å². The van der Waals surface area contributed by atoms with E-state index in [1.54, 1.807) is 32.2 Å². The van der Waals surface area contributed by atoms with E-state index >= 15 is 0 Å². The molecule has 1 aromatic rings. The standard InChI is InChI=1S/C20H25ClN2O4/c1-13(24)23-12-20(16-10-27-11-17(16)23)5-7-22(8-6-20)19(25)15-4-3-14(21)9-18(15)26-2/h3-4,9,16-17H,5-8,10-12H2,1-2H3/t16-,17+/m0/s1. The van der Waals surface area contributed by atoms with E-state index in [9.17, 15) is 9.59 Å². The Kier molecular flexibility index (Phi) is 4.80. The summed E-state index contributed by atoms with van der Waals surface area (Å²) in [5.74, 6) is 0.972. The van der Waals surface area contributed by atoms with Gasteiger partial charge < -0.3 is 19.3 Å². The van der Waals surface area contributed by atoms with E-state index in [1.165, 1.54) is 0 Å². The zero-order chi connectivity index (χ0) is 19.2. The minimum absolute atomic E-state index is 0.0287. The Labute approximate surface area is 164 Å². The summed E-state index contributed by atoms with van der Waals surface area (Å²) in [7, 11) is 1.54. The lowest BCUT2D eigenvalue weighted by Crippen LogP contribution is -2.47. The van der Waals surface area contributed by atoms with Gasteiger partial charge in [0, 0.05) is 37.5 Å². The summed E-state index contributed by atoms with van der Waals surface area (Å²) in [4.78, 5) is 28.9. The molecule has 146 valence electrons. The number of rotatable bonds is 2. The monoisotopic (exact) mass is 392 g/mol. The van der Waals surface area contributed by atoms with Gasteiger partial charge in [0.05, 0.1) is 31.9 Å². The highest BCUT2D eigenvalue weighted by Gasteiger charge is 2.56. The average molecular weight is 393 g/mol. The lowest BCUT2D eigenvalue weighted by Gasteiger charge is -2.42. The summed E-state index contributed by atoms with van der Waals surface area (Å²) in [5.41, 5.74) is 0.602. The first-order chi connectivity index (χ1) is 12.9. The second-order valence-corrected chi connectivity index (χ2v) is 8.29. The van der Waals surface area contributed by atoms with Crippen molar-refractivity contribution in [2.45, 2.75) is 25.8 Å². The van der Waals surface area contributed by atoms with Crippen molar-refractivity contribution < 1.29 is 19.1 Å². The summed E-state index contributed by atoms with van der Waals surface area (Å²) in [6.45, 7) is 5.14. The van der Waals surface area contributed by atoms with E-state index < -0.39 is 0 Å². The van der Waals surface area contributed by atoms with Crippen LogP contribution in [0.3, 0.4) is 0 Å². The molecule has 0 N–H and O–H groups in total. The number of carbonyl (C=O) groups excluding carboxylic acids is 2. The topological polar surface area (TPSA) is 59.1 Å². The Morgan fingerprint density at radius 1 is 1.26 bits per heavy atom. The van der Waals surface area contributed by atoms with E-state index in [2.05, 4.69) is 0 Å². The Morgan fingerprint density at radius 2 is 2.00 bits per heavy atom. The van der Waals surface area contributed by atoms with Crippen molar-refractivity contribution in [2.24, 2.45) is 11.3 Å². The van der Waals surface area contributed by atoms with Crippen molar-refractivity contribution in [2.75, 3.05) is 40.0 Å². The first-order valence-electron chi connectivity index (χ1n) is 9.43. The average Bonchev–Trinajstić information content (AvgIpc) is 3.25. The number of piperidine rings is 1. The fraction of sp³-hybridized carbons (Fsp3) is 0.600. The number of nitrogens with zero attached hydrogens (tertiary/aromatic N) is 2. The number of hydrogen-bond acceptors (Lipinski definition) is 4. The van der Waals surface area contributed by atoms with Gasteiger partial charge in [-0.25, -0.2) is 0 Å². The number of carbonyl (C=O) groups is 2. The van der Waals surface area contributed by atoms with Crippen LogP contribution in [0.2, 0.25) is 5.02 Å². The highest BCUT2D eigenvalue weighted by atomic mass is 35.5. The van der Waals surface area contributed by atoms with Gasteiger partial charge >= 0.3 is 0 Å². The molecule has 1 spiro atoms. The SMILES string of the molecule is COc1cc(Cl)ccc1C(=O)N1CCC2(CC1)CN(C(C)=O)[C@@H]1COC[C@@H]12. The molecule has 3 aliphatic rings. The van der Waals surface area contributed by atoms with E-state index in [0.717, 1.165) is 19.4 Å². The van der Waals surface area contributed by atoms with Gasteiger partial charge in [-0.15, -0.1) is 0 Å². The third-order valence-corrected chi connectivity index (χ3v) is 6.80. The lowest BCUT2D eigenvalue weighted by molar-refractivity contribution is -0.130. The Hall–Kier alpha value is -1.79. The zero-order valence-corrected chi connectivity index (χ0v) is 16.5. The first kappa shape index (κ1) is 18.6. The van der Waals surface area contributed by atoms with Crippen molar-refractivity contribution in [3.05, 3.63) is 28.8 Å². The maximum atomic E-state index is 13.0. The van der Waals surface area contributed by atoms with Gasteiger partial charge in [0.15, 0.2) is 0 Å². The Balaban J connectivity index is 1.49. The second-order valence-electron chi connectivity index (χ2n) is 7.86. The van der Waals surface area contributed by atoms with Gasteiger partial charge in [0.2, 0.25) is 5.91 Å². The van der Waals surface area contributed by atoms with Crippen LogP contribution in [0.15, 0.2) is 18.2 Å². The van der Waals surface area contributed by atoms with Crippen LogP contribution in [-0.4, -0.2) is 67.6 Å². The summed E-state index contributed by atoms with van der Waals surface area (Å²) in [6.07, 6.45) is 1.78. The van der Waals surface area contributed by atoms with Gasteiger partial charge in [-0.3, -0.25) is 9.59 Å². The molecule has 0 bridgehead atoms. The van der Waals surface area contributed by atoms with E-state index in [1.807, 2.05) is 9.80 Å². The number of fused-ring (bicyclic) bond motifs is 2. The first-order valence-corrected chi connectivity index (χ1v) is 9.81. The van der Waals surface area contributed by atoms with Crippen LogP contribution in [0.5, 0.6) is 5.75 Å². The van der Waals surface area contributed by atoms with Gasteiger partial charge in [0.25, 0.3) is 5.91 Å². The Morgan fingerprint density at radius 3 is 2.67 bits per heavy atom. The second kappa shape index (κ2) is 6.99. The molecule has 4 rings (SSSR count). The third kappa shape index (κ3) is 3.09. The third-order valence-electron chi connectivity index (χ3n) is 6.57. The van der Waals surface area contributed by atoms with E-state index in [-0.39, 0.29) is 23.3 Å². The van der Waals surface area contributed by atoms with Crippen LogP contribution in [0.4, 0.5) is 0 Å². The number of amides is 2. The summed E-state index contributed by atoms with van der Waals surface area (Å²) in [6, 6.07) is 5.30. The van der Waals surface area contributed by atoms with E-state index in [4.69, 9.17) is 21.1 Å². The molecule has 0 saturated carbocycles. The fourth-order valence-corrected chi connectivity index (χ4v) is 5.21. The molecular weight excluding hydrogens is 368 g/mol. The molecule has 27 heavy (non-hydrogen) atoms. The van der Waals surface area contributed by atoms with Crippen LogP contribution in [0.1, 0.15) is 30.1 Å². The number of methoxy groups -OCH3 is 1. The summed E-state index contributed by atoms with van der Waals surface area (Å²) < 4.78 is 11.0. The van der Waals surface area contributed by atoms with Crippen molar-refractivity contribution in [1.82, 2.24) is 9.80 Å². The van der Waals surface area contributed by atoms with Gasteiger partial charge in [0.1, 0.15) is 5.75 Å². The molecule has 2 amide bonds. The number of likely N-dealkylation sites (tertiary alicyclic amines) is 2. The number of ether oxygens (including phenoxy) is 2. The van der Waals surface area contributed by atoms with Crippen LogP contribution in [0.25, 0.3) is 0 Å². The maximum absolute atomic E-state index is 13.0. The molecule has 3 saturated heterocycles. The molecule has 3 aliphatic heterocycles. The molecule has 2 atom stereocenters. The molecule has 6 nitrogen and oxygen atoms in total. The number of benzene rings is 1. The predicted molar refractivity (Wildman–Crippen MR) is 101 cm³/mol. The van der Waals surface area contributed by atoms with Gasteiger partial charge in [-0.1, -0.05) is 11.6 Å².